The molecule has 3 aromatic rings. The minimum atomic E-state index is -5.08. The SMILES string of the molecule is O=C(NO)c1ccc2oc(Nc3ccc(OCCN4CCOCC4)cc3)nc2c1.O=C(O)C(F)(F)F. The van der Waals surface area contributed by atoms with Crippen molar-refractivity contribution < 1.29 is 47.0 Å². The Morgan fingerprint density at radius 3 is 2.39 bits per heavy atom. The van der Waals surface area contributed by atoms with E-state index in [1.807, 2.05) is 24.3 Å². The van der Waals surface area contributed by atoms with Crippen molar-refractivity contribution in [1.29, 1.82) is 0 Å². The lowest BCUT2D eigenvalue weighted by Crippen LogP contribution is -2.38. The van der Waals surface area contributed by atoms with Crippen LogP contribution in [-0.2, 0) is 9.53 Å². The summed E-state index contributed by atoms with van der Waals surface area (Å²) in [6, 6.07) is 12.5. The Kier molecular flexibility index (Phi) is 9.05. The first kappa shape index (κ1) is 26.7. The van der Waals surface area contributed by atoms with E-state index in [1.165, 1.54) is 0 Å². The van der Waals surface area contributed by atoms with Gasteiger partial charge in [0.25, 0.3) is 11.9 Å². The average molecular weight is 512 g/mol. The van der Waals surface area contributed by atoms with Gasteiger partial charge in [0.1, 0.15) is 17.9 Å². The van der Waals surface area contributed by atoms with Gasteiger partial charge >= 0.3 is 12.1 Å². The highest BCUT2D eigenvalue weighted by Gasteiger charge is 2.38. The number of nitrogens with zero attached hydrogens (tertiary/aromatic N) is 2. The van der Waals surface area contributed by atoms with Crippen LogP contribution in [0.2, 0.25) is 0 Å². The number of nitrogens with one attached hydrogen (secondary N) is 2. The molecule has 0 aliphatic carbocycles. The molecule has 11 nitrogen and oxygen atoms in total. The molecular weight excluding hydrogens is 489 g/mol. The maximum atomic E-state index is 11.5. The zero-order valence-corrected chi connectivity index (χ0v) is 18.7. The van der Waals surface area contributed by atoms with Crippen LogP contribution in [0.4, 0.5) is 24.9 Å². The third kappa shape index (κ3) is 7.83. The van der Waals surface area contributed by atoms with Gasteiger partial charge in [0, 0.05) is 30.9 Å². The lowest BCUT2D eigenvalue weighted by atomic mass is 10.2. The summed E-state index contributed by atoms with van der Waals surface area (Å²) >= 11 is 0. The number of aliphatic carboxylic acids is 1. The van der Waals surface area contributed by atoms with Crippen LogP contribution in [0.1, 0.15) is 10.4 Å². The molecule has 0 radical (unpaired) electrons. The molecule has 0 atom stereocenters. The minimum absolute atomic E-state index is 0.290. The number of halogens is 3. The molecule has 4 rings (SSSR count). The normalized spacial score (nSPS) is 14.0. The second kappa shape index (κ2) is 12.2. The maximum Gasteiger partial charge on any atom is 0.490 e. The van der Waals surface area contributed by atoms with Crippen molar-refractivity contribution in [2.75, 3.05) is 44.8 Å². The Labute approximate surface area is 202 Å². The lowest BCUT2D eigenvalue weighted by Gasteiger charge is -2.26. The summed E-state index contributed by atoms with van der Waals surface area (Å²) in [5.41, 5.74) is 3.73. The number of ether oxygens (including phenoxy) is 2. The number of hydrogen-bond donors (Lipinski definition) is 4. The van der Waals surface area contributed by atoms with Crippen LogP contribution in [0, 0.1) is 0 Å². The van der Waals surface area contributed by atoms with Crippen LogP contribution in [0.3, 0.4) is 0 Å². The number of amides is 1. The minimum Gasteiger partial charge on any atom is -0.492 e. The molecule has 0 spiro atoms. The van der Waals surface area contributed by atoms with Crippen molar-refractivity contribution in [3.63, 3.8) is 0 Å². The molecule has 14 heteroatoms. The molecule has 0 unspecified atom stereocenters. The van der Waals surface area contributed by atoms with E-state index in [1.54, 1.807) is 23.7 Å². The Balaban J connectivity index is 0.000000454. The molecule has 2 heterocycles. The number of aromatic nitrogens is 1. The predicted octanol–water partition coefficient (Wildman–Crippen LogP) is 3.03. The van der Waals surface area contributed by atoms with Gasteiger partial charge in [-0.15, -0.1) is 0 Å². The molecule has 194 valence electrons. The van der Waals surface area contributed by atoms with E-state index < -0.39 is 18.1 Å². The van der Waals surface area contributed by atoms with Gasteiger partial charge in [-0.2, -0.15) is 18.2 Å². The fourth-order valence-corrected chi connectivity index (χ4v) is 3.06. The number of alkyl halides is 3. The number of morpholine rings is 1. The van der Waals surface area contributed by atoms with Crippen LogP contribution in [0.15, 0.2) is 46.9 Å². The molecule has 1 amide bonds. The van der Waals surface area contributed by atoms with Gasteiger partial charge in [0.05, 0.1) is 13.2 Å². The number of hydroxylamine groups is 1. The first-order valence-corrected chi connectivity index (χ1v) is 10.6. The van der Waals surface area contributed by atoms with E-state index in [2.05, 4.69) is 15.2 Å². The number of carboxylic acids is 1. The number of hydrogen-bond acceptors (Lipinski definition) is 9. The van der Waals surface area contributed by atoms with Crippen LogP contribution < -0.4 is 15.5 Å². The maximum absolute atomic E-state index is 11.5. The quantitative estimate of drug-likeness (QED) is 0.275. The Hall–Kier alpha value is -3.88. The number of carbonyl (C=O) groups is 2. The van der Waals surface area contributed by atoms with Crippen molar-refractivity contribution in [1.82, 2.24) is 15.4 Å². The van der Waals surface area contributed by atoms with Crippen LogP contribution in [-0.4, -0.2) is 77.7 Å². The van der Waals surface area contributed by atoms with Crippen molar-refractivity contribution >= 4 is 34.7 Å². The summed E-state index contributed by atoms with van der Waals surface area (Å²) < 4.78 is 48.5. The monoisotopic (exact) mass is 512 g/mol. The smallest absolute Gasteiger partial charge is 0.490 e. The van der Waals surface area contributed by atoms with Gasteiger partial charge in [-0.1, -0.05) is 0 Å². The second-order valence-corrected chi connectivity index (χ2v) is 7.40. The van der Waals surface area contributed by atoms with Crippen LogP contribution in [0.25, 0.3) is 11.1 Å². The standard InChI is InChI=1S/C20H22N4O5.C2HF3O2/c25-19(23-26)14-1-6-18-17(13-14)22-20(29-18)21-15-2-4-16(5-3-15)28-12-9-24-7-10-27-11-8-24;3-2(4,5)1(6)7/h1-6,13,26H,7-12H2,(H,21,22)(H,23,25);(H,6,7). The number of anilines is 2. The van der Waals surface area contributed by atoms with Crippen molar-refractivity contribution in [2.24, 2.45) is 0 Å². The largest absolute Gasteiger partial charge is 0.492 e. The molecule has 0 saturated carbocycles. The summed E-state index contributed by atoms with van der Waals surface area (Å²) in [7, 11) is 0. The van der Waals surface area contributed by atoms with E-state index >= 15 is 0 Å². The van der Waals surface area contributed by atoms with E-state index in [9.17, 15) is 18.0 Å². The second-order valence-electron chi connectivity index (χ2n) is 7.40. The van der Waals surface area contributed by atoms with Gasteiger partial charge in [-0.05, 0) is 42.5 Å². The van der Waals surface area contributed by atoms with E-state index in [0.29, 0.717) is 29.3 Å². The molecule has 36 heavy (non-hydrogen) atoms. The van der Waals surface area contributed by atoms with Gasteiger partial charge in [-0.3, -0.25) is 14.9 Å². The molecule has 1 aliphatic rings. The third-order valence-corrected chi connectivity index (χ3v) is 4.88. The topological polar surface area (TPSA) is 146 Å². The summed E-state index contributed by atoms with van der Waals surface area (Å²) in [6.45, 7) is 4.97. The molecule has 2 aromatic carbocycles. The number of rotatable bonds is 7. The molecule has 1 fully saturated rings. The fourth-order valence-electron chi connectivity index (χ4n) is 3.06. The Morgan fingerprint density at radius 1 is 1.11 bits per heavy atom. The number of fused-ring (bicyclic) bond motifs is 1. The first-order valence-electron chi connectivity index (χ1n) is 10.6. The Morgan fingerprint density at radius 2 is 1.78 bits per heavy atom. The number of carbonyl (C=O) groups excluding carboxylic acids is 1. The summed E-state index contributed by atoms with van der Waals surface area (Å²) in [5.74, 6) is -2.57. The Bertz CT molecular complexity index is 1160. The molecular formula is C22H23F3N4O7. The summed E-state index contributed by atoms with van der Waals surface area (Å²) in [6.07, 6.45) is -5.08. The van der Waals surface area contributed by atoms with Crippen LogP contribution >= 0.6 is 0 Å². The summed E-state index contributed by atoms with van der Waals surface area (Å²) in [4.78, 5) is 27.0. The molecule has 1 aromatic heterocycles. The highest BCUT2D eigenvalue weighted by atomic mass is 19.4. The van der Waals surface area contributed by atoms with Gasteiger partial charge in [-0.25, -0.2) is 10.3 Å². The van der Waals surface area contributed by atoms with E-state index in [-0.39, 0.29) is 0 Å². The molecule has 4 N–H and O–H groups in total. The average Bonchev–Trinajstić information content (AvgIpc) is 3.26. The highest BCUT2D eigenvalue weighted by molar-refractivity contribution is 5.96. The van der Waals surface area contributed by atoms with Crippen LogP contribution in [0.5, 0.6) is 5.75 Å². The fraction of sp³-hybridized carbons (Fsp3) is 0.318. The first-order chi connectivity index (χ1) is 17.2. The predicted molar refractivity (Wildman–Crippen MR) is 119 cm³/mol. The van der Waals surface area contributed by atoms with E-state index in [0.717, 1.165) is 44.3 Å². The van der Waals surface area contributed by atoms with Crippen molar-refractivity contribution in [3.05, 3.63) is 48.0 Å². The number of carboxylic acid groups (broad SMARTS) is 1. The number of benzene rings is 2. The van der Waals surface area contributed by atoms with E-state index in [4.69, 9.17) is 29.0 Å². The molecule has 1 saturated heterocycles. The molecule has 1 aliphatic heterocycles. The zero-order chi connectivity index (χ0) is 26.1. The van der Waals surface area contributed by atoms with Crippen molar-refractivity contribution in [2.45, 2.75) is 6.18 Å². The zero-order valence-electron chi connectivity index (χ0n) is 18.7. The van der Waals surface area contributed by atoms with Gasteiger partial charge in [0.2, 0.25) is 0 Å². The lowest BCUT2D eigenvalue weighted by molar-refractivity contribution is -0.192. The van der Waals surface area contributed by atoms with Gasteiger partial charge < -0.3 is 24.3 Å². The van der Waals surface area contributed by atoms with Gasteiger partial charge in [0.15, 0.2) is 5.58 Å². The van der Waals surface area contributed by atoms with Crippen molar-refractivity contribution in [3.8, 4) is 5.75 Å². The third-order valence-electron chi connectivity index (χ3n) is 4.88. The number of oxazole rings is 1. The summed E-state index contributed by atoms with van der Waals surface area (Å²) in [5, 5.41) is 18.9. The highest BCUT2D eigenvalue weighted by Crippen LogP contribution is 2.24. The molecule has 0 bridgehead atoms.